The van der Waals surface area contributed by atoms with Crippen LogP contribution in [0.4, 0.5) is 11.4 Å². The summed E-state index contributed by atoms with van der Waals surface area (Å²) in [5, 5.41) is 7.14. The van der Waals surface area contributed by atoms with E-state index in [-0.39, 0.29) is 0 Å². The molecular formula is C17H20N4S2. The molecular weight excluding hydrogens is 324 g/mol. The number of hydrogen-bond acceptors (Lipinski definition) is 2. The SMILES string of the molecule is CCc1ccccc1NC(=S)NNC(=S)Nc1ccc(C)cc1. The molecule has 23 heavy (non-hydrogen) atoms. The number of nitrogens with one attached hydrogen (secondary N) is 4. The molecule has 6 heteroatoms. The maximum absolute atomic E-state index is 5.27. The highest BCUT2D eigenvalue weighted by atomic mass is 32.1. The largest absolute Gasteiger partial charge is 0.331 e. The minimum Gasteiger partial charge on any atom is -0.331 e. The summed E-state index contributed by atoms with van der Waals surface area (Å²) < 4.78 is 0. The molecule has 0 saturated heterocycles. The molecule has 2 aromatic carbocycles. The highest BCUT2D eigenvalue weighted by Crippen LogP contribution is 2.15. The predicted molar refractivity (Wildman–Crippen MR) is 106 cm³/mol. The summed E-state index contributed by atoms with van der Waals surface area (Å²) >= 11 is 10.5. The van der Waals surface area contributed by atoms with Crippen molar-refractivity contribution < 1.29 is 0 Å². The fourth-order valence-corrected chi connectivity index (χ4v) is 2.35. The molecule has 0 heterocycles. The number of hydrazine groups is 1. The molecule has 2 aromatic rings. The van der Waals surface area contributed by atoms with E-state index < -0.39 is 0 Å². The first-order valence-corrected chi connectivity index (χ1v) is 8.18. The van der Waals surface area contributed by atoms with Gasteiger partial charge in [-0.2, -0.15) is 0 Å². The van der Waals surface area contributed by atoms with Gasteiger partial charge in [0.15, 0.2) is 10.2 Å². The summed E-state index contributed by atoms with van der Waals surface area (Å²) in [6.45, 7) is 4.15. The average Bonchev–Trinajstić information content (AvgIpc) is 2.55. The molecule has 0 spiro atoms. The molecule has 0 atom stereocenters. The summed E-state index contributed by atoms with van der Waals surface area (Å²) in [6, 6.07) is 16.0. The summed E-state index contributed by atoms with van der Waals surface area (Å²) in [7, 11) is 0. The zero-order valence-corrected chi connectivity index (χ0v) is 14.8. The van der Waals surface area contributed by atoms with Crippen LogP contribution in [-0.2, 0) is 6.42 Å². The Labute approximate surface area is 147 Å². The van der Waals surface area contributed by atoms with Gasteiger partial charge in [0.1, 0.15) is 0 Å². The zero-order chi connectivity index (χ0) is 16.7. The first kappa shape index (κ1) is 17.2. The van der Waals surface area contributed by atoms with Crippen molar-refractivity contribution >= 4 is 46.0 Å². The van der Waals surface area contributed by atoms with Gasteiger partial charge in [0.05, 0.1) is 0 Å². The van der Waals surface area contributed by atoms with E-state index in [0.29, 0.717) is 10.2 Å². The van der Waals surface area contributed by atoms with Crippen LogP contribution in [0.3, 0.4) is 0 Å². The molecule has 0 unspecified atom stereocenters. The van der Waals surface area contributed by atoms with E-state index >= 15 is 0 Å². The lowest BCUT2D eigenvalue weighted by atomic mass is 10.1. The molecule has 0 bridgehead atoms. The summed E-state index contributed by atoms with van der Waals surface area (Å²) in [5.41, 5.74) is 10.1. The van der Waals surface area contributed by atoms with Gasteiger partial charge < -0.3 is 10.6 Å². The second kappa shape index (κ2) is 8.45. The Kier molecular flexibility index (Phi) is 6.31. The normalized spacial score (nSPS) is 9.83. The van der Waals surface area contributed by atoms with Gasteiger partial charge >= 0.3 is 0 Å². The number of rotatable bonds is 3. The summed E-state index contributed by atoms with van der Waals surface area (Å²) in [6.07, 6.45) is 0.937. The Morgan fingerprint density at radius 1 is 0.870 bits per heavy atom. The van der Waals surface area contributed by atoms with Crippen molar-refractivity contribution in [2.75, 3.05) is 10.6 Å². The smallest absolute Gasteiger partial charge is 0.189 e. The molecule has 0 aromatic heterocycles. The Bertz CT molecular complexity index is 683. The monoisotopic (exact) mass is 344 g/mol. The van der Waals surface area contributed by atoms with Crippen LogP contribution in [-0.4, -0.2) is 10.2 Å². The van der Waals surface area contributed by atoms with Crippen LogP contribution in [0, 0.1) is 6.92 Å². The van der Waals surface area contributed by atoms with E-state index in [0.717, 1.165) is 17.8 Å². The molecule has 4 N–H and O–H groups in total. The quantitative estimate of drug-likeness (QED) is 0.503. The van der Waals surface area contributed by atoms with Gasteiger partial charge in [-0.15, -0.1) is 0 Å². The fraction of sp³-hybridized carbons (Fsp3) is 0.176. The van der Waals surface area contributed by atoms with Crippen molar-refractivity contribution in [3.63, 3.8) is 0 Å². The van der Waals surface area contributed by atoms with Crippen LogP contribution in [0.25, 0.3) is 0 Å². The topological polar surface area (TPSA) is 48.1 Å². The molecule has 2 rings (SSSR count). The van der Waals surface area contributed by atoms with E-state index in [1.165, 1.54) is 11.1 Å². The Balaban J connectivity index is 1.82. The molecule has 0 aliphatic heterocycles. The minimum absolute atomic E-state index is 0.446. The van der Waals surface area contributed by atoms with Crippen molar-refractivity contribution in [3.8, 4) is 0 Å². The number of benzene rings is 2. The third-order valence-electron chi connectivity index (χ3n) is 3.25. The van der Waals surface area contributed by atoms with Crippen LogP contribution in [0.15, 0.2) is 48.5 Å². The van der Waals surface area contributed by atoms with Gasteiger partial charge in [-0.05, 0) is 61.5 Å². The second-order valence-electron chi connectivity index (χ2n) is 5.03. The minimum atomic E-state index is 0.446. The molecule has 0 fully saturated rings. The third-order valence-corrected chi connectivity index (χ3v) is 3.65. The third kappa shape index (κ3) is 5.50. The Morgan fingerprint density at radius 2 is 1.48 bits per heavy atom. The first-order chi connectivity index (χ1) is 11.1. The van der Waals surface area contributed by atoms with Crippen LogP contribution in [0.5, 0.6) is 0 Å². The lowest BCUT2D eigenvalue weighted by molar-refractivity contribution is 0.885. The highest BCUT2D eigenvalue weighted by molar-refractivity contribution is 7.81. The van der Waals surface area contributed by atoms with E-state index in [9.17, 15) is 0 Å². The fourth-order valence-electron chi connectivity index (χ4n) is 2.02. The molecule has 0 aliphatic rings. The lowest BCUT2D eigenvalue weighted by Gasteiger charge is -2.15. The van der Waals surface area contributed by atoms with Gasteiger partial charge in [0.2, 0.25) is 0 Å². The van der Waals surface area contributed by atoms with Crippen LogP contribution >= 0.6 is 24.4 Å². The molecule has 0 amide bonds. The molecule has 0 radical (unpaired) electrons. The number of aryl methyl sites for hydroxylation is 2. The number of thiocarbonyl (C=S) groups is 2. The van der Waals surface area contributed by atoms with Crippen LogP contribution in [0.1, 0.15) is 18.1 Å². The summed E-state index contributed by atoms with van der Waals surface area (Å²) in [5.74, 6) is 0. The van der Waals surface area contributed by atoms with E-state index in [2.05, 4.69) is 34.5 Å². The van der Waals surface area contributed by atoms with E-state index in [1.807, 2.05) is 49.4 Å². The number of para-hydroxylation sites is 1. The van der Waals surface area contributed by atoms with E-state index in [1.54, 1.807) is 0 Å². The molecule has 120 valence electrons. The molecule has 0 aliphatic carbocycles. The molecule has 4 nitrogen and oxygen atoms in total. The van der Waals surface area contributed by atoms with E-state index in [4.69, 9.17) is 24.4 Å². The van der Waals surface area contributed by atoms with Gasteiger partial charge in [0, 0.05) is 11.4 Å². The first-order valence-electron chi connectivity index (χ1n) is 7.37. The van der Waals surface area contributed by atoms with Crippen LogP contribution in [0.2, 0.25) is 0 Å². The number of hydrogen-bond donors (Lipinski definition) is 4. The van der Waals surface area contributed by atoms with Crippen molar-refractivity contribution in [3.05, 3.63) is 59.7 Å². The summed E-state index contributed by atoms with van der Waals surface area (Å²) in [4.78, 5) is 0. The van der Waals surface area contributed by atoms with Gasteiger partial charge in [-0.1, -0.05) is 42.8 Å². The Morgan fingerprint density at radius 3 is 2.13 bits per heavy atom. The Hall–Kier alpha value is -2.18. The number of anilines is 2. The van der Waals surface area contributed by atoms with Gasteiger partial charge in [-0.25, -0.2) is 0 Å². The maximum atomic E-state index is 5.27. The van der Waals surface area contributed by atoms with Gasteiger partial charge in [-0.3, -0.25) is 10.9 Å². The van der Waals surface area contributed by atoms with Crippen molar-refractivity contribution in [1.29, 1.82) is 0 Å². The average molecular weight is 345 g/mol. The predicted octanol–water partition coefficient (Wildman–Crippen LogP) is 3.75. The van der Waals surface area contributed by atoms with Crippen LogP contribution < -0.4 is 21.5 Å². The van der Waals surface area contributed by atoms with Crippen molar-refractivity contribution in [1.82, 2.24) is 10.9 Å². The van der Waals surface area contributed by atoms with Crippen molar-refractivity contribution in [2.24, 2.45) is 0 Å². The standard InChI is InChI=1S/C17H20N4S2/c1-3-13-6-4-5-7-15(13)19-17(23)21-20-16(22)18-14-10-8-12(2)9-11-14/h4-11H,3H2,1-2H3,(H2,18,20,22)(H2,19,21,23). The van der Waals surface area contributed by atoms with Crippen molar-refractivity contribution in [2.45, 2.75) is 20.3 Å². The second-order valence-corrected chi connectivity index (χ2v) is 5.85. The van der Waals surface area contributed by atoms with Gasteiger partial charge in [0.25, 0.3) is 0 Å². The highest BCUT2D eigenvalue weighted by Gasteiger charge is 2.03. The lowest BCUT2D eigenvalue weighted by Crippen LogP contribution is -2.45. The zero-order valence-electron chi connectivity index (χ0n) is 13.1. The maximum Gasteiger partial charge on any atom is 0.189 e. The molecule has 0 saturated carbocycles.